The SMILES string of the molecule is CN(C)C[C@H](NC(=O)c1cc(Cl)c2c(c1)OCCO2)c1ccccc1. The van der Waals surface area contributed by atoms with Crippen molar-refractivity contribution in [3.05, 3.63) is 58.6 Å². The third-order valence-electron chi connectivity index (χ3n) is 3.91. The van der Waals surface area contributed by atoms with Crippen LogP contribution in [0.4, 0.5) is 0 Å². The molecule has 1 aliphatic rings. The van der Waals surface area contributed by atoms with E-state index in [0.717, 1.165) is 5.56 Å². The molecule has 0 bridgehead atoms. The summed E-state index contributed by atoms with van der Waals surface area (Å²) in [5, 5.41) is 3.46. The molecule has 1 amide bonds. The van der Waals surface area contributed by atoms with Gasteiger partial charge >= 0.3 is 0 Å². The summed E-state index contributed by atoms with van der Waals surface area (Å²) in [6.45, 7) is 1.59. The molecule has 0 fully saturated rings. The predicted octanol–water partition coefficient (Wildman–Crippen LogP) is 3.14. The average molecular weight is 361 g/mol. The summed E-state index contributed by atoms with van der Waals surface area (Å²) < 4.78 is 11.0. The molecule has 1 heterocycles. The molecule has 0 radical (unpaired) electrons. The molecule has 0 saturated heterocycles. The van der Waals surface area contributed by atoms with Gasteiger partial charge in [-0.2, -0.15) is 0 Å². The highest BCUT2D eigenvalue weighted by atomic mass is 35.5. The van der Waals surface area contributed by atoms with Gasteiger partial charge in [-0.3, -0.25) is 4.79 Å². The zero-order chi connectivity index (χ0) is 17.8. The molecule has 2 aromatic carbocycles. The number of likely N-dealkylation sites (N-methyl/N-ethyl adjacent to an activating group) is 1. The van der Waals surface area contributed by atoms with Gasteiger partial charge in [0.2, 0.25) is 0 Å². The number of hydrogen-bond donors (Lipinski definition) is 1. The van der Waals surface area contributed by atoms with E-state index in [9.17, 15) is 4.79 Å². The molecule has 1 N–H and O–H groups in total. The number of benzene rings is 2. The molecule has 25 heavy (non-hydrogen) atoms. The van der Waals surface area contributed by atoms with Gasteiger partial charge in [0.25, 0.3) is 5.91 Å². The van der Waals surface area contributed by atoms with E-state index in [1.807, 2.05) is 49.3 Å². The number of ether oxygens (including phenoxy) is 2. The number of amides is 1. The van der Waals surface area contributed by atoms with Crippen molar-refractivity contribution in [2.75, 3.05) is 33.9 Å². The van der Waals surface area contributed by atoms with E-state index in [1.54, 1.807) is 12.1 Å². The lowest BCUT2D eigenvalue weighted by Gasteiger charge is -2.24. The molecule has 1 aliphatic heterocycles. The molecular formula is C19H21ClN2O3. The second-order valence-electron chi connectivity index (χ2n) is 6.18. The fourth-order valence-electron chi connectivity index (χ4n) is 2.77. The Kier molecular flexibility index (Phi) is 5.46. The first kappa shape index (κ1) is 17.6. The lowest BCUT2D eigenvalue weighted by molar-refractivity contribution is 0.0928. The van der Waals surface area contributed by atoms with E-state index in [2.05, 4.69) is 5.32 Å². The van der Waals surface area contributed by atoms with Gasteiger partial charge in [-0.05, 0) is 31.8 Å². The number of halogens is 1. The van der Waals surface area contributed by atoms with Gasteiger partial charge < -0.3 is 19.7 Å². The van der Waals surface area contributed by atoms with Crippen molar-refractivity contribution in [1.82, 2.24) is 10.2 Å². The van der Waals surface area contributed by atoms with Gasteiger partial charge in [0, 0.05) is 12.1 Å². The summed E-state index contributed by atoms with van der Waals surface area (Å²) in [7, 11) is 3.95. The molecule has 0 saturated carbocycles. The van der Waals surface area contributed by atoms with Crippen molar-refractivity contribution in [3.63, 3.8) is 0 Å². The molecular weight excluding hydrogens is 340 g/mol. The minimum atomic E-state index is -0.199. The lowest BCUT2D eigenvalue weighted by Crippen LogP contribution is -2.35. The highest BCUT2D eigenvalue weighted by Gasteiger charge is 2.21. The van der Waals surface area contributed by atoms with E-state index in [1.165, 1.54) is 0 Å². The maximum absolute atomic E-state index is 12.8. The number of rotatable bonds is 5. The maximum Gasteiger partial charge on any atom is 0.252 e. The number of nitrogens with one attached hydrogen (secondary N) is 1. The highest BCUT2D eigenvalue weighted by molar-refractivity contribution is 6.32. The van der Waals surface area contributed by atoms with Gasteiger partial charge in [0.05, 0.1) is 11.1 Å². The standard InChI is InChI=1S/C19H21ClN2O3/c1-22(2)12-16(13-6-4-3-5-7-13)21-19(23)14-10-15(20)18-17(11-14)24-8-9-25-18/h3-7,10-11,16H,8-9,12H2,1-2H3,(H,21,23)/t16-/m0/s1. The summed E-state index contributed by atoms with van der Waals surface area (Å²) in [4.78, 5) is 14.8. The molecule has 6 heteroatoms. The number of fused-ring (bicyclic) bond motifs is 1. The Bertz CT molecular complexity index is 750. The smallest absolute Gasteiger partial charge is 0.252 e. The number of nitrogens with zero attached hydrogens (tertiary/aromatic N) is 1. The minimum Gasteiger partial charge on any atom is -0.486 e. The second kappa shape index (κ2) is 7.76. The Morgan fingerprint density at radius 2 is 1.92 bits per heavy atom. The van der Waals surface area contributed by atoms with Crippen LogP contribution in [0.2, 0.25) is 5.02 Å². The number of carbonyl (C=O) groups is 1. The zero-order valence-electron chi connectivity index (χ0n) is 14.3. The minimum absolute atomic E-state index is 0.129. The highest BCUT2D eigenvalue weighted by Crippen LogP contribution is 2.38. The first-order valence-corrected chi connectivity index (χ1v) is 8.52. The van der Waals surface area contributed by atoms with E-state index in [-0.39, 0.29) is 11.9 Å². The van der Waals surface area contributed by atoms with Gasteiger partial charge in [0.15, 0.2) is 11.5 Å². The Hall–Kier alpha value is -2.24. The fraction of sp³-hybridized carbons (Fsp3) is 0.316. The van der Waals surface area contributed by atoms with E-state index >= 15 is 0 Å². The van der Waals surface area contributed by atoms with Crippen LogP contribution in [0.3, 0.4) is 0 Å². The quantitative estimate of drug-likeness (QED) is 0.890. The number of carbonyl (C=O) groups excluding carboxylic acids is 1. The number of hydrogen-bond acceptors (Lipinski definition) is 4. The Balaban J connectivity index is 1.83. The Labute approximate surface area is 152 Å². The van der Waals surface area contributed by atoms with Crippen LogP contribution in [0, 0.1) is 0 Å². The molecule has 0 unspecified atom stereocenters. The van der Waals surface area contributed by atoms with Gasteiger partial charge in [-0.1, -0.05) is 41.9 Å². The summed E-state index contributed by atoms with van der Waals surface area (Å²) in [6, 6.07) is 13.1. The summed E-state index contributed by atoms with van der Waals surface area (Å²) in [6.07, 6.45) is 0. The van der Waals surface area contributed by atoms with Crippen LogP contribution in [0.25, 0.3) is 0 Å². The van der Waals surface area contributed by atoms with Crippen molar-refractivity contribution in [2.45, 2.75) is 6.04 Å². The molecule has 2 aromatic rings. The van der Waals surface area contributed by atoms with Crippen LogP contribution in [0.1, 0.15) is 22.0 Å². The molecule has 3 rings (SSSR count). The largest absolute Gasteiger partial charge is 0.486 e. The van der Waals surface area contributed by atoms with Crippen molar-refractivity contribution in [2.24, 2.45) is 0 Å². The van der Waals surface area contributed by atoms with Crippen molar-refractivity contribution in [3.8, 4) is 11.5 Å². The zero-order valence-corrected chi connectivity index (χ0v) is 15.0. The van der Waals surface area contributed by atoms with Crippen LogP contribution < -0.4 is 14.8 Å². The molecule has 1 atom stereocenters. The predicted molar refractivity (Wildman–Crippen MR) is 97.6 cm³/mol. The van der Waals surface area contributed by atoms with Gasteiger partial charge in [-0.15, -0.1) is 0 Å². The van der Waals surface area contributed by atoms with Gasteiger partial charge in [-0.25, -0.2) is 0 Å². The van der Waals surface area contributed by atoms with Crippen LogP contribution in [0.15, 0.2) is 42.5 Å². The Morgan fingerprint density at radius 1 is 1.20 bits per heavy atom. The molecule has 0 aliphatic carbocycles. The molecule has 5 nitrogen and oxygen atoms in total. The van der Waals surface area contributed by atoms with Crippen molar-refractivity contribution < 1.29 is 14.3 Å². The topological polar surface area (TPSA) is 50.8 Å². The lowest BCUT2D eigenvalue weighted by atomic mass is 10.1. The maximum atomic E-state index is 12.8. The summed E-state index contributed by atoms with van der Waals surface area (Å²) >= 11 is 6.24. The van der Waals surface area contributed by atoms with Crippen LogP contribution >= 0.6 is 11.6 Å². The van der Waals surface area contributed by atoms with Gasteiger partial charge in [0.1, 0.15) is 13.2 Å². The van der Waals surface area contributed by atoms with Crippen LogP contribution in [0.5, 0.6) is 11.5 Å². The average Bonchev–Trinajstić information content (AvgIpc) is 2.61. The normalized spacial score (nSPS) is 14.2. The molecule has 0 spiro atoms. The molecule has 0 aromatic heterocycles. The third-order valence-corrected chi connectivity index (χ3v) is 4.19. The van der Waals surface area contributed by atoms with E-state index in [4.69, 9.17) is 21.1 Å². The second-order valence-corrected chi connectivity index (χ2v) is 6.59. The summed E-state index contributed by atoms with van der Waals surface area (Å²) in [5.41, 5.74) is 1.50. The summed E-state index contributed by atoms with van der Waals surface area (Å²) in [5.74, 6) is 0.805. The van der Waals surface area contributed by atoms with E-state index in [0.29, 0.717) is 41.8 Å². The van der Waals surface area contributed by atoms with Crippen molar-refractivity contribution >= 4 is 17.5 Å². The monoisotopic (exact) mass is 360 g/mol. The first-order chi connectivity index (χ1) is 12.0. The first-order valence-electron chi connectivity index (χ1n) is 8.14. The van der Waals surface area contributed by atoms with Crippen molar-refractivity contribution in [1.29, 1.82) is 0 Å². The third kappa shape index (κ3) is 4.24. The van der Waals surface area contributed by atoms with Crippen LogP contribution in [-0.2, 0) is 0 Å². The Morgan fingerprint density at radius 3 is 2.64 bits per heavy atom. The van der Waals surface area contributed by atoms with E-state index < -0.39 is 0 Å². The fourth-order valence-corrected chi connectivity index (χ4v) is 3.03. The molecule has 132 valence electrons. The van der Waals surface area contributed by atoms with Crippen LogP contribution in [-0.4, -0.2) is 44.7 Å².